The lowest BCUT2D eigenvalue weighted by molar-refractivity contribution is 0.697. The monoisotopic (exact) mass is 280 g/mol. The lowest BCUT2D eigenvalue weighted by Crippen LogP contribution is -2.17. The van der Waals surface area contributed by atoms with Crippen LogP contribution in [0.5, 0.6) is 0 Å². The molecule has 1 aliphatic heterocycles. The van der Waals surface area contributed by atoms with Crippen molar-refractivity contribution in [2.24, 2.45) is 0 Å². The van der Waals surface area contributed by atoms with Gasteiger partial charge in [-0.05, 0) is 17.7 Å². The van der Waals surface area contributed by atoms with Crippen LogP contribution in [0.3, 0.4) is 0 Å². The fraction of sp³-hybridized carbons (Fsp3) is 0.167. The highest BCUT2D eigenvalue weighted by Crippen LogP contribution is 2.34. The minimum Gasteiger partial charge on any atom is -0.332 e. The highest BCUT2D eigenvalue weighted by molar-refractivity contribution is 8.05. The molecule has 0 atom stereocenters. The van der Waals surface area contributed by atoms with E-state index in [4.69, 9.17) is 23.8 Å². The minimum absolute atomic E-state index is 0.647. The van der Waals surface area contributed by atoms with Gasteiger partial charge in [-0.1, -0.05) is 47.7 Å². The Morgan fingerprint density at radius 3 is 2.59 bits per heavy atom. The molecular weight excluding hydrogens is 272 g/mol. The Hall–Kier alpha value is -1.02. The van der Waals surface area contributed by atoms with Crippen molar-refractivity contribution in [1.29, 1.82) is 5.26 Å². The zero-order chi connectivity index (χ0) is 12.4. The van der Waals surface area contributed by atoms with Crippen molar-refractivity contribution in [3.63, 3.8) is 0 Å². The molecule has 1 aliphatic rings. The number of thiocarbonyl (C=S) groups is 1. The fourth-order valence-electron chi connectivity index (χ4n) is 1.53. The summed E-state index contributed by atoms with van der Waals surface area (Å²) in [6.07, 6.45) is 0. The van der Waals surface area contributed by atoms with E-state index in [9.17, 15) is 5.26 Å². The van der Waals surface area contributed by atoms with Crippen molar-refractivity contribution in [1.82, 2.24) is 4.90 Å². The van der Waals surface area contributed by atoms with Crippen LogP contribution in [0.15, 0.2) is 29.3 Å². The van der Waals surface area contributed by atoms with Gasteiger partial charge in [0.1, 0.15) is 6.07 Å². The Morgan fingerprint density at radius 1 is 1.47 bits per heavy atom. The molecule has 1 aromatic carbocycles. The van der Waals surface area contributed by atoms with Gasteiger partial charge >= 0.3 is 0 Å². The summed E-state index contributed by atoms with van der Waals surface area (Å²) in [7, 11) is 1.89. The summed E-state index contributed by atoms with van der Waals surface area (Å²) in [5.74, 6) is 0.764. The molecule has 0 aromatic heterocycles. The summed E-state index contributed by atoms with van der Waals surface area (Å²) < 4.78 is 0. The van der Waals surface area contributed by atoms with E-state index >= 15 is 0 Å². The van der Waals surface area contributed by atoms with Crippen molar-refractivity contribution in [3.05, 3.63) is 39.9 Å². The third-order valence-electron chi connectivity index (χ3n) is 2.47. The Bertz CT molecular complexity index is 528. The Labute approximate surface area is 115 Å². The van der Waals surface area contributed by atoms with Gasteiger partial charge < -0.3 is 4.90 Å². The van der Waals surface area contributed by atoms with Crippen LogP contribution in [0.2, 0.25) is 5.02 Å². The first-order valence-corrected chi connectivity index (χ1v) is 6.70. The molecule has 0 amide bonds. The maximum Gasteiger partial charge on any atom is 0.103 e. The molecule has 0 bridgehead atoms. The van der Waals surface area contributed by atoms with Crippen LogP contribution in [0.4, 0.5) is 0 Å². The summed E-state index contributed by atoms with van der Waals surface area (Å²) in [5.41, 5.74) is 1.52. The molecule has 17 heavy (non-hydrogen) atoms. The second kappa shape index (κ2) is 5.09. The van der Waals surface area contributed by atoms with Gasteiger partial charge in [0.05, 0.1) is 21.3 Å². The van der Waals surface area contributed by atoms with Crippen molar-refractivity contribution < 1.29 is 0 Å². The van der Waals surface area contributed by atoms with E-state index in [1.54, 1.807) is 23.9 Å². The van der Waals surface area contributed by atoms with Gasteiger partial charge in [0, 0.05) is 12.1 Å². The van der Waals surface area contributed by atoms with E-state index in [1.807, 2.05) is 24.1 Å². The molecule has 5 heteroatoms. The number of halogens is 1. The summed E-state index contributed by atoms with van der Waals surface area (Å²) in [5, 5.41) is 10.9. The van der Waals surface area contributed by atoms with Crippen LogP contribution in [0, 0.1) is 11.3 Å². The van der Waals surface area contributed by atoms with E-state index in [-0.39, 0.29) is 0 Å². The average molecular weight is 281 g/mol. The van der Waals surface area contributed by atoms with Crippen LogP contribution in [-0.2, 0) is 0 Å². The van der Waals surface area contributed by atoms with Crippen molar-refractivity contribution in [2.45, 2.75) is 0 Å². The quantitative estimate of drug-likeness (QED) is 0.581. The molecule has 0 saturated carbocycles. The van der Waals surface area contributed by atoms with Crippen LogP contribution < -0.4 is 0 Å². The van der Waals surface area contributed by atoms with Gasteiger partial charge in [0.15, 0.2) is 0 Å². The van der Waals surface area contributed by atoms with Gasteiger partial charge in [0.2, 0.25) is 0 Å². The van der Waals surface area contributed by atoms with Crippen molar-refractivity contribution in [3.8, 4) is 6.07 Å². The van der Waals surface area contributed by atoms with Gasteiger partial charge in [-0.25, -0.2) is 0 Å². The number of thioether (sulfide) groups is 1. The van der Waals surface area contributed by atoms with E-state index in [1.165, 1.54) is 0 Å². The summed E-state index contributed by atoms with van der Waals surface area (Å²) in [4.78, 5) is 2.75. The molecule has 0 aliphatic carbocycles. The first-order valence-electron chi connectivity index (χ1n) is 4.93. The first-order chi connectivity index (χ1) is 8.13. The number of allylic oxidation sites excluding steroid dienone is 1. The second-order valence-corrected chi connectivity index (χ2v) is 5.41. The second-order valence-electron chi connectivity index (χ2n) is 3.54. The molecule has 86 valence electrons. The number of nitriles is 1. The normalized spacial score (nSPS) is 18.2. The van der Waals surface area contributed by atoms with E-state index in [0.29, 0.717) is 10.6 Å². The standard InChI is InChI=1S/C12H9ClN2S2/c1-15-11(16)7-17-12(15)10(6-14)8-2-4-9(13)5-3-8/h2-5H,7H2,1H3/b12-10-. The molecule has 2 rings (SSSR count). The molecule has 1 heterocycles. The van der Waals surface area contributed by atoms with Crippen LogP contribution in [0.25, 0.3) is 5.57 Å². The van der Waals surface area contributed by atoms with Gasteiger partial charge in [0.25, 0.3) is 0 Å². The molecular formula is C12H9ClN2S2. The molecule has 0 spiro atoms. The largest absolute Gasteiger partial charge is 0.332 e. The van der Waals surface area contributed by atoms with E-state index < -0.39 is 0 Å². The molecule has 1 saturated heterocycles. The molecule has 0 unspecified atom stereocenters. The predicted octanol–water partition coefficient (Wildman–Crippen LogP) is 3.54. The molecule has 0 radical (unpaired) electrons. The van der Waals surface area contributed by atoms with Crippen molar-refractivity contribution in [2.75, 3.05) is 12.8 Å². The molecule has 1 aromatic rings. The number of hydrogen-bond donors (Lipinski definition) is 0. The topological polar surface area (TPSA) is 27.0 Å². The van der Waals surface area contributed by atoms with Gasteiger partial charge in [-0.2, -0.15) is 5.26 Å². The predicted molar refractivity (Wildman–Crippen MR) is 76.8 cm³/mol. The first kappa shape index (κ1) is 12.4. The highest BCUT2D eigenvalue weighted by atomic mass is 35.5. The SMILES string of the molecule is CN1C(=S)CS/C1=C(/C#N)c1ccc(Cl)cc1. The summed E-state index contributed by atoms with van der Waals surface area (Å²) >= 11 is 12.6. The highest BCUT2D eigenvalue weighted by Gasteiger charge is 2.23. The maximum absolute atomic E-state index is 9.29. The Morgan fingerprint density at radius 2 is 2.12 bits per heavy atom. The molecule has 2 nitrogen and oxygen atoms in total. The number of nitrogens with zero attached hydrogens (tertiary/aromatic N) is 2. The van der Waals surface area contributed by atoms with Crippen LogP contribution in [-0.4, -0.2) is 22.7 Å². The zero-order valence-electron chi connectivity index (χ0n) is 9.11. The molecule has 0 N–H and O–H groups in total. The third-order valence-corrected chi connectivity index (χ3v) is 4.49. The van der Waals surface area contributed by atoms with Crippen LogP contribution in [0.1, 0.15) is 5.56 Å². The zero-order valence-corrected chi connectivity index (χ0v) is 11.5. The average Bonchev–Trinajstić information content (AvgIpc) is 2.65. The summed E-state index contributed by atoms with van der Waals surface area (Å²) in [6, 6.07) is 9.52. The van der Waals surface area contributed by atoms with Gasteiger partial charge in [-0.3, -0.25) is 0 Å². The minimum atomic E-state index is 0.647. The number of rotatable bonds is 1. The number of benzene rings is 1. The smallest absolute Gasteiger partial charge is 0.103 e. The van der Waals surface area contributed by atoms with Crippen LogP contribution >= 0.6 is 35.6 Å². The third kappa shape index (κ3) is 2.47. The lowest BCUT2D eigenvalue weighted by Gasteiger charge is -2.13. The lowest BCUT2D eigenvalue weighted by atomic mass is 10.1. The Balaban J connectivity index is 2.47. The Kier molecular flexibility index (Phi) is 3.72. The fourth-order valence-corrected chi connectivity index (χ4v) is 3.05. The number of hydrogen-bond acceptors (Lipinski definition) is 3. The van der Waals surface area contributed by atoms with Gasteiger partial charge in [-0.15, -0.1) is 0 Å². The van der Waals surface area contributed by atoms with E-state index in [0.717, 1.165) is 21.3 Å². The maximum atomic E-state index is 9.29. The van der Waals surface area contributed by atoms with Crippen molar-refractivity contribution >= 4 is 46.1 Å². The van der Waals surface area contributed by atoms with E-state index in [2.05, 4.69) is 6.07 Å². The summed E-state index contributed by atoms with van der Waals surface area (Å²) in [6.45, 7) is 0. The molecule has 1 fully saturated rings.